The van der Waals surface area contributed by atoms with Crippen LogP contribution in [-0.4, -0.2) is 4.57 Å². The highest BCUT2D eigenvalue weighted by Gasteiger charge is 2.25. The Kier molecular flexibility index (Phi) is 6.03. The molecular weight excluding hydrogens is 565 g/mol. The van der Waals surface area contributed by atoms with Crippen LogP contribution in [0.2, 0.25) is 0 Å². The van der Waals surface area contributed by atoms with Crippen LogP contribution in [0.4, 0.5) is 17.1 Å². The normalized spacial score (nSPS) is 11.6. The average Bonchev–Trinajstić information content (AvgIpc) is 3.65. The van der Waals surface area contributed by atoms with E-state index in [4.69, 9.17) is 0 Å². The Bertz CT molecular complexity index is 2470. The van der Waals surface area contributed by atoms with Crippen LogP contribution >= 0.6 is 11.3 Å². The number of nitrogens with zero attached hydrogens (tertiary/aromatic N) is 2. The van der Waals surface area contributed by atoms with Crippen molar-refractivity contribution in [3.05, 3.63) is 170 Å². The molecule has 45 heavy (non-hydrogen) atoms. The average molecular weight is 593 g/mol. The second kappa shape index (κ2) is 10.5. The SMILES string of the molecule is c1ccc(-c2ccc3c(c2N(c2ccccc2)c2ccc4sc5ccccc5c4c2)c2ccccc2n3-c2ccccc2)cc1. The number of hydrogen-bond donors (Lipinski definition) is 0. The fourth-order valence-corrected chi connectivity index (χ4v) is 7.90. The van der Waals surface area contributed by atoms with E-state index in [0.29, 0.717) is 0 Å². The topological polar surface area (TPSA) is 8.17 Å². The van der Waals surface area contributed by atoms with Crippen LogP contribution in [0.25, 0.3) is 58.8 Å². The molecule has 9 rings (SSSR count). The van der Waals surface area contributed by atoms with Gasteiger partial charge in [-0.1, -0.05) is 109 Å². The lowest BCUT2D eigenvalue weighted by Crippen LogP contribution is -2.12. The molecule has 2 nitrogen and oxygen atoms in total. The van der Waals surface area contributed by atoms with Gasteiger partial charge in [0.1, 0.15) is 0 Å². The first-order valence-electron chi connectivity index (χ1n) is 15.3. The highest BCUT2D eigenvalue weighted by atomic mass is 32.1. The first-order valence-corrected chi connectivity index (χ1v) is 16.1. The highest BCUT2D eigenvalue weighted by Crippen LogP contribution is 2.49. The second-order valence-corrected chi connectivity index (χ2v) is 12.4. The Balaban J connectivity index is 1.44. The zero-order valence-electron chi connectivity index (χ0n) is 24.5. The van der Waals surface area contributed by atoms with Crippen LogP contribution in [0.3, 0.4) is 0 Å². The fourth-order valence-electron chi connectivity index (χ4n) is 6.82. The van der Waals surface area contributed by atoms with Crippen molar-refractivity contribution in [2.24, 2.45) is 0 Å². The summed E-state index contributed by atoms with van der Waals surface area (Å²) in [7, 11) is 0. The first-order chi connectivity index (χ1) is 22.3. The van der Waals surface area contributed by atoms with Crippen LogP contribution in [0.15, 0.2) is 170 Å². The maximum atomic E-state index is 2.47. The van der Waals surface area contributed by atoms with Crippen LogP contribution in [-0.2, 0) is 0 Å². The lowest BCUT2D eigenvalue weighted by molar-refractivity contribution is 1.18. The van der Waals surface area contributed by atoms with Gasteiger partial charge >= 0.3 is 0 Å². The zero-order chi connectivity index (χ0) is 29.7. The van der Waals surface area contributed by atoms with Crippen molar-refractivity contribution >= 4 is 70.4 Å². The van der Waals surface area contributed by atoms with E-state index in [1.165, 1.54) is 58.8 Å². The molecule has 0 unspecified atom stereocenters. The van der Waals surface area contributed by atoms with Gasteiger partial charge in [-0.15, -0.1) is 11.3 Å². The van der Waals surface area contributed by atoms with Gasteiger partial charge in [0, 0.05) is 53.6 Å². The van der Waals surface area contributed by atoms with Crippen molar-refractivity contribution < 1.29 is 0 Å². The molecule has 0 saturated heterocycles. The number of rotatable bonds is 5. The predicted octanol–water partition coefficient (Wildman–Crippen LogP) is 12.3. The lowest BCUT2D eigenvalue weighted by atomic mass is 9.97. The molecule has 0 aliphatic carbocycles. The Morgan fingerprint density at radius 2 is 1.09 bits per heavy atom. The predicted molar refractivity (Wildman–Crippen MR) is 194 cm³/mol. The number of fused-ring (bicyclic) bond motifs is 6. The van der Waals surface area contributed by atoms with Gasteiger partial charge in [0.2, 0.25) is 0 Å². The van der Waals surface area contributed by atoms with Crippen LogP contribution in [0.5, 0.6) is 0 Å². The molecule has 9 aromatic rings. The van der Waals surface area contributed by atoms with Crippen molar-refractivity contribution in [2.45, 2.75) is 0 Å². The quantitative estimate of drug-likeness (QED) is 0.193. The van der Waals surface area contributed by atoms with Gasteiger partial charge in [-0.05, 0) is 66.2 Å². The van der Waals surface area contributed by atoms with Crippen LogP contribution < -0.4 is 4.90 Å². The smallest absolute Gasteiger partial charge is 0.0640 e. The minimum absolute atomic E-state index is 1.12. The lowest BCUT2D eigenvalue weighted by Gasteiger charge is -2.29. The van der Waals surface area contributed by atoms with Crippen LogP contribution in [0.1, 0.15) is 0 Å². The molecule has 3 heteroatoms. The molecule has 2 aromatic heterocycles. The summed E-state index contributed by atoms with van der Waals surface area (Å²) in [4.78, 5) is 2.47. The summed E-state index contributed by atoms with van der Waals surface area (Å²) < 4.78 is 5.02. The van der Waals surface area contributed by atoms with E-state index in [2.05, 4.69) is 179 Å². The monoisotopic (exact) mass is 592 g/mol. The molecule has 0 aliphatic heterocycles. The van der Waals surface area contributed by atoms with Gasteiger partial charge in [-0.3, -0.25) is 0 Å². The molecule has 0 N–H and O–H groups in total. The molecule has 0 atom stereocenters. The van der Waals surface area contributed by atoms with Gasteiger partial charge in [-0.25, -0.2) is 0 Å². The van der Waals surface area contributed by atoms with E-state index in [0.717, 1.165) is 17.1 Å². The zero-order valence-corrected chi connectivity index (χ0v) is 25.3. The second-order valence-electron chi connectivity index (χ2n) is 11.4. The van der Waals surface area contributed by atoms with Crippen molar-refractivity contribution in [3.63, 3.8) is 0 Å². The number of thiophene rings is 1. The highest BCUT2D eigenvalue weighted by molar-refractivity contribution is 7.25. The molecular formula is C42H28N2S. The number of para-hydroxylation sites is 3. The van der Waals surface area contributed by atoms with Crippen molar-refractivity contribution in [2.75, 3.05) is 4.90 Å². The van der Waals surface area contributed by atoms with Gasteiger partial charge in [0.25, 0.3) is 0 Å². The third kappa shape index (κ3) is 4.16. The minimum atomic E-state index is 1.12. The molecule has 7 aromatic carbocycles. The third-order valence-corrected chi connectivity index (χ3v) is 9.92. The summed E-state index contributed by atoms with van der Waals surface area (Å²) in [5, 5.41) is 5.05. The first kappa shape index (κ1) is 25.8. The van der Waals surface area contributed by atoms with Gasteiger partial charge in [-0.2, -0.15) is 0 Å². The van der Waals surface area contributed by atoms with E-state index >= 15 is 0 Å². The summed E-state index contributed by atoms with van der Waals surface area (Å²) in [6, 6.07) is 61.4. The van der Waals surface area contributed by atoms with Gasteiger partial charge < -0.3 is 9.47 Å². The van der Waals surface area contributed by atoms with Crippen molar-refractivity contribution in [1.82, 2.24) is 4.57 Å². The van der Waals surface area contributed by atoms with E-state index < -0.39 is 0 Å². The summed E-state index contributed by atoms with van der Waals surface area (Å²) in [5.74, 6) is 0. The summed E-state index contributed by atoms with van der Waals surface area (Å²) in [6.07, 6.45) is 0. The van der Waals surface area contributed by atoms with Crippen molar-refractivity contribution in [3.8, 4) is 16.8 Å². The molecule has 0 amide bonds. The number of anilines is 3. The molecule has 0 fully saturated rings. The molecule has 212 valence electrons. The fraction of sp³-hybridized carbons (Fsp3) is 0. The summed E-state index contributed by atoms with van der Waals surface area (Å²) >= 11 is 1.86. The standard InChI is InChI=1S/C42H28N2S/c1-4-14-29(15-5-1)33-25-26-38-41(35-21-10-12-22-37(35)44(38)31-18-8-3-9-19-31)42(33)43(30-16-6-2-7-17-30)32-24-27-40-36(28-32)34-20-11-13-23-39(34)45-40/h1-28H. The van der Waals surface area contributed by atoms with E-state index in [-0.39, 0.29) is 0 Å². The Labute approximate surface area is 265 Å². The molecule has 0 aliphatic rings. The number of benzene rings is 7. The number of aromatic nitrogens is 1. The molecule has 0 saturated carbocycles. The van der Waals surface area contributed by atoms with Crippen molar-refractivity contribution in [1.29, 1.82) is 0 Å². The Morgan fingerprint density at radius 3 is 1.89 bits per heavy atom. The largest absolute Gasteiger partial charge is 0.309 e. The van der Waals surface area contributed by atoms with E-state index in [1.54, 1.807) is 0 Å². The van der Waals surface area contributed by atoms with E-state index in [1.807, 2.05) is 11.3 Å². The number of hydrogen-bond acceptors (Lipinski definition) is 2. The van der Waals surface area contributed by atoms with E-state index in [9.17, 15) is 0 Å². The van der Waals surface area contributed by atoms with Crippen LogP contribution in [0, 0.1) is 0 Å². The maximum absolute atomic E-state index is 2.47. The third-order valence-electron chi connectivity index (χ3n) is 8.77. The summed E-state index contributed by atoms with van der Waals surface area (Å²) in [6.45, 7) is 0. The minimum Gasteiger partial charge on any atom is -0.309 e. The molecule has 0 bridgehead atoms. The molecule has 0 spiro atoms. The molecule has 2 heterocycles. The Hall–Kier alpha value is -5.64. The molecule has 0 radical (unpaired) electrons. The maximum Gasteiger partial charge on any atom is 0.0640 e. The van der Waals surface area contributed by atoms with Gasteiger partial charge in [0.15, 0.2) is 0 Å². The van der Waals surface area contributed by atoms with Gasteiger partial charge in [0.05, 0.1) is 16.7 Å². The summed E-state index contributed by atoms with van der Waals surface area (Å²) in [5.41, 5.74) is 9.34. The Morgan fingerprint density at radius 1 is 0.444 bits per heavy atom.